The predicted octanol–water partition coefficient (Wildman–Crippen LogP) is 2.51. The van der Waals surface area contributed by atoms with E-state index in [4.69, 9.17) is 21.3 Å². The van der Waals surface area contributed by atoms with Crippen molar-refractivity contribution >= 4 is 33.4 Å². The Morgan fingerprint density at radius 1 is 1.13 bits per heavy atom. The summed E-state index contributed by atoms with van der Waals surface area (Å²) < 4.78 is 33.3. The van der Waals surface area contributed by atoms with E-state index in [1.165, 1.54) is 27.7 Å². The number of amides is 1. The molecule has 1 aromatic carbocycles. The summed E-state index contributed by atoms with van der Waals surface area (Å²) in [6.07, 6.45) is 5.02. The number of benzene rings is 1. The lowest BCUT2D eigenvalue weighted by Gasteiger charge is -2.40. The normalized spacial score (nSPS) is 22.4. The lowest BCUT2D eigenvalue weighted by molar-refractivity contribution is -0.117. The first-order valence-electron chi connectivity index (χ1n) is 9.51. The van der Waals surface area contributed by atoms with Gasteiger partial charge in [-0.1, -0.05) is 29.8 Å². The summed E-state index contributed by atoms with van der Waals surface area (Å²) in [5.41, 5.74) is 4.63. The Balaban J connectivity index is 1.35. The topological polar surface area (TPSA) is 91.4 Å². The molecule has 1 fully saturated rings. The van der Waals surface area contributed by atoms with Crippen LogP contribution in [0, 0.1) is 0 Å². The summed E-state index contributed by atoms with van der Waals surface area (Å²) in [6.45, 7) is 0.829. The van der Waals surface area contributed by atoms with Gasteiger partial charge >= 0.3 is 6.09 Å². The SMILES string of the molecule is O=C1OCc2ccccc2N1C1CCN(S(=O)(=O)C2=CC=C(Cl)N3ONC=C23)CC1. The molecular formula is C19H19ClN4O5S. The number of anilines is 1. The van der Waals surface area contributed by atoms with Gasteiger partial charge in [0, 0.05) is 24.7 Å². The van der Waals surface area contributed by atoms with Gasteiger partial charge in [0.05, 0.1) is 11.9 Å². The van der Waals surface area contributed by atoms with E-state index in [2.05, 4.69) is 5.48 Å². The van der Waals surface area contributed by atoms with Gasteiger partial charge in [-0.05, 0) is 31.1 Å². The van der Waals surface area contributed by atoms with Gasteiger partial charge in [-0.25, -0.2) is 18.7 Å². The molecule has 1 amide bonds. The highest BCUT2D eigenvalue weighted by molar-refractivity contribution is 7.93. The Morgan fingerprint density at radius 3 is 2.70 bits per heavy atom. The summed E-state index contributed by atoms with van der Waals surface area (Å²) in [6, 6.07) is 7.49. The summed E-state index contributed by atoms with van der Waals surface area (Å²) in [5.74, 6) is 0. The fourth-order valence-corrected chi connectivity index (χ4v) is 5.89. The average Bonchev–Trinajstić information content (AvgIpc) is 3.24. The molecule has 11 heteroatoms. The van der Waals surface area contributed by atoms with Crippen molar-refractivity contribution in [1.29, 1.82) is 0 Å². The first-order chi connectivity index (χ1) is 14.5. The number of carbonyl (C=O) groups excluding carboxylic acids is 1. The third-order valence-corrected chi connectivity index (χ3v) is 7.81. The van der Waals surface area contributed by atoms with Crippen molar-refractivity contribution in [3.05, 3.63) is 63.9 Å². The molecule has 0 bridgehead atoms. The molecule has 4 heterocycles. The molecule has 158 valence electrons. The maximum absolute atomic E-state index is 13.3. The molecule has 4 aliphatic rings. The van der Waals surface area contributed by atoms with E-state index in [-0.39, 0.29) is 41.9 Å². The maximum Gasteiger partial charge on any atom is 0.414 e. The molecule has 0 saturated carbocycles. The van der Waals surface area contributed by atoms with Crippen molar-refractivity contribution in [1.82, 2.24) is 14.8 Å². The fraction of sp³-hybridized carbons (Fsp3) is 0.316. The third-order valence-electron chi connectivity index (χ3n) is 5.58. The second-order valence-corrected chi connectivity index (χ2v) is 9.54. The number of ether oxygens (including phenoxy) is 1. The van der Waals surface area contributed by atoms with Crippen molar-refractivity contribution in [2.75, 3.05) is 18.0 Å². The number of cyclic esters (lactones) is 1. The maximum atomic E-state index is 13.3. The van der Waals surface area contributed by atoms with Gasteiger partial charge in [0.25, 0.3) is 0 Å². The molecule has 9 nitrogen and oxygen atoms in total. The number of carbonyl (C=O) groups is 1. The largest absolute Gasteiger partial charge is 0.444 e. The minimum absolute atomic E-state index is 0.109. The van der Waals surface area contributed by atoms with Gasteiger partial charge in [-0.15, -0.1) is 0 Å². The van der Waals surface area contributed by atoms with Gasteiger partial charge < -0.3 is 4.74 Å². The van der Waals surface area contributed by atoms with Crippen molar-refractivity contribution in [3.63, 3.8) is 0 Å². The van der Waals surface area contributed by atoms with Crippen LogP contribution < -0.4 is 10.4 Å². The summed E-state index contributed by atoms with van der Waals surface area (Å²) >= 11 is 6.06. The number of fused-ring (bicyclic) bond motifs is 2. The number of hydroxylamine groups is 3. The first kappa shape index (κ1) is 19.4. The average molecular weight is 451 g/mol. The van der Waals surface area contributed by atoms with E-state index >= 15 is 0 Å². The number of hydrogen-bond donors (Lipinski definition) is 1. The lowest BCUT2D eigenvalue weighted by Crippen LogP contribution is -2.50. The van der Waals surface area contributed by atoms with Crippen LogP contribution in [0.4, 0.5) is 10.5 Å². The standard InChI is InChI=1S/C19H19ClN4O5S/c20-18-6-5-17(16-11-21-29-24(16)18)30(26,27)22-9-7-14(8-10-22)23-15-4-2-1-3-13(15)12-28-19(23)25/h1-6,11,14,21H,7-10,12H2. The number of hydrogen-bond acceptors (Lipinski definition) is 7. The minimum atomic E-state index is -3.76. The Morgan fingerprint density at radius 2 is 1.90 bits per heavy atom. The highest BCUT2D eigenvalue weighted by Crippen LogP contribution is 2.36. The Labute approximate surface area is 178 Å². The highest BCUT2D eigenvalue weighted by atomic mass is 35.5. The van der Waals surface area contributed by atoms with Gasteiger partial charge in [-0.3, -0.25) is 4.90 Å². The summed E-state index contributed by atoms with van der Waals surface area (Å²) in [4.78, 5) is 19.3. The monoisotopic (exact) mass is 450 g/mol. The zero-order valence-corrected chi connectivity index (χ0v) is 17.4. The predicted molar refractivity (Wildman–Crippen MR) is 109 cm³/mol. The van der Waals surface area contributed by atoms with Crippen molar-refractivity contribution in [2.24, 2.45) is 0 Å². The molecule has 0 aromatic heterocycles. The number of nitrogens with zero attached hydrogens (tertiary/aromatic N) is 3. The smallest absolute Gasteiger partial charge is 0.414 e. The van der Waals surface area contributed by atoms with Crippen molar-refractivity contribution < 1.29 is 22.9 Å². The van der Waals surface area contributed by atoms with Gasteiger partial charge in [0.15, 0.2) is 0 Å². The molecule has 0 unspecified atom stereocenters. The highest BCUT2D eigenvalue weighted by Gasteiger charge is 2.40. The fourth-order valence-electron chi connectivity index (χ4n) is 4.09. The van der Waals surface area contributed by atoms with Gasteiger partial charge in [-0.2, -0.15) is 14.3 Å². The van der Waals surface area contributed by atoms with Crippen LogP contribution in [0.3, 0.4) is 0 Å². The Hall–Kier alpha value is -2.53. The van der Waals surface area contributed by atoms with Crippen LogP contribution in [0.2, 0.25) is 0 Å². The van der Waals surface area contributed by atoms with E-state index in [9.17, 15) is 13.2 Å². The van der Waals surface area contributed by atoms with E-state index in [1.807, 2.05) is 24.3 Å². The van der Waals surface area contributed by atoms with Crippen molar-refractivity contribution in [2.45, 2.75) is 25.5 Å². The lowest BCUT2D eigenvalue weighted by atomic mass is 10.0. The molecule has 30 heavy (non-hydrogen) atoms. The number of nitrogens with one attached hydrogen (secondary N) is 1. The number of sulfonamides is 1. The van der Waals surface area contributed by atoms with Crippen LogP contribution in [0.5, 0.6) is 0 Å². The molecule has 0 spiro atoms. The van der Waals surface area contributed by atoms with Crippen LogP contribution in [-0.4, -0.2) is 43.0 Å². The molecule has 1 saturated heterocycles. The molecule has 0 atom stereocenters. The number of rotatable bonds is 3. The summed E-state index contributed by atoms with van der Waals surface area (Å²) in [5, 5.41) is 1.48. The van der Waals surface area contributed by atoms with E-state index in [0.717, 1.165) is 11.3 Å². The zero-order valence-electron chi connectivity index (χ0n) is 15.8. The van der Waals surface area contributed by atoms with E-state index < -0.39 is 10.0 Å². The molecule has 4 aliphatic heterocycles. The number of allylic oxidation sites excluding steroid dienone is 2. The number of para-hydroxylation sites is 1. The van der Waals surface area contributed by atoms with Gasteiger partial charge in [0.1, 0.15) is 22.4 Å². The Bertz CT molecular complexity index is 1090. The van der Waals surface area contributed by atoms with Crippen molar-refractivity contribution in [3.8, 4) is 0 Å². The molecular weight excluding hydrogens is 432 g/mol. The second kappa shape index (κ2) is 7.31. The molecule has 5 rings (SSSR count). The minimum Gasteiger partial charge on any atom is -0.444 e. The zero-order chi connectivity index (χ0) is 20.9. The van der Waals surface area contributed by atoms with Crippen LogP contribution in [0.25, 0.3) is 0 Å². The summed E-state index contributed by atoms with van der Waals surface area (Å²) in [7, 11) is -3.76. The first-order valence-corrected chi connectivity index (χ1v) is 11.3. The number of piperidine rings is 1. The van der Waals surface area contributed by atoms with Crippen LogP contribution >= 0.6 is 11.6 Å². The molecule has 0 aliphatic carbocycles. The second-order valence-electron chi connectivity index (χ2n) is 7.24. The molecule has 1 N–H and O–H groups in total. The molecule has 1 aromatic rings. The van der Waals surface area contributed by atoms with E-state index in [0.29, 0.717) is 18.5 Å². The quantitative estimate of drug-likeness (QED) is 0.707. The van der Waals surface area contributed by atoms with Crippen LogP contribution in [-0.2, 0) is 26.3 Å². The third kappa shape index (κ3) is 3.07. The van der Waals surface area contributed by atoms with Gasteiger partial charge in [0.2, 0.25) is 10.0 Å². The van der Waals surface area contributed by atoms with Crippen LogP contribution in [0.15, 0.2) is 58.4 Å². The van der Waals surface area contributed by atoms with Crippen LogP contribution in [0.1, 0.15) is 18.4 Å². The molecule has 0 radical (unpaired) electrons. The van der Waals surface area contributed by atoms with E-state index in [1.54, 1.807) is 4.90 Å². The number of halogens is 1. The Kier molecular flexibility index (Phi) is 4.73.